The van der Waals surface area contributed by atoms with Crippen LogP contribution in [0.1, 0.15) is 15.9 Å². The van der Waals surface area contributed by atoms with Crippen molar-refractivity contribution < 1.29 is 9.18 Å². The number of nitrogen functional groups attached to an aromatic ring is 1. The van der Waals surface area contributed by atoms with Gasteiger partial charge in [0, 0.05) is 16.2 Å². The van der Waals surface area contributed by atoms with E-state index in [-0.39, 0.29) is 22.8 Å². The van der Waals surface area contributed by atoms with Crippen molar-refractivity contribution in [2.45, 2.75) is 6.92 Å². The van der Waals surface area contributed by atoms with Crippen molar-refractivity contribution >= 4 is 34.3 Å². The van der Waals surface area contributed by atoms with Gasteiger partial charge in [0.2, 0.25) is 0 Å². The molecule has 1 heterocycles. The van der Waals surface area contributed by atoms with Crippen LogP contribution in [0.15, 0.2) is 35.1 Å². The fourth-order valence-corrected chi connectivity index (χ4v) is 2.07. The molecule has 0 radical (unpaired) electrons. The molecule has 0 unspecified atom stereocenters. The molecule has 1 aromatic carbocycles. The molecule has 5 nitrogen and oxygen atoms in total. The Morgan fingerprint density at radius 1 is 1.33 bits per heavy atom. The first kappa shape index (κ1) is 17.2. The predicted octanol–water partition coefficient (Wildman–Crippen LogP) is 1.81. The number of pyridine rings is 1. The maximum absolute atomic E-state index is 12.2. The zero-order valence-electron chi connectivity index (χ0n) is 11.6. The van der Waals surface area contributed by atoms with Crippen molar-refractivity contribution in [3.05, 3.63) is 61.2 Å². The third-order valence-corrected chi connectivity index (χ3v) is 3.36. The molecule has 1 amide bonds. The Bertz CT molecular complexity index is 711. The van der Waals surface area contributed by atoms with Crippen molar-refractivity contribution in [1.29, 1.82) is 0 Å². The summed E-state index contributed by atoms with van der Waals surface area (Å²) in [4.78, 5) is 22.2. The van der Waals surface area contributed by atoms with Crippen LogP contribution in [0.3, 0.4) is 0 Å². The molecular weight excluding hydrogens is 388 g/mol. The molecule has 2 rings (SSSR count). The van der Waals surface area contributed by atoms with Crippen molar-refractivity contribution in [3.63, 3.8) is 0 Å². The highest BCUT2D eigenvalue weighted by molar-refractivity contribution is 14.1. The molecule has 0 atom stereocenters. The van der Waals surface area contributed by atoms with E-state index in [4.69, 9.17) is 11.5 Å². The van der Waals surface area contributed by atoms with Crippen molar-refractivity contribution in [1.82, 2.24) is 4.57 Å². The number of halogens is 2. The number of nitrogens with zero attached hydrogens (tertiary/aromatic N) is 1. The summed E-state index contributed by atoms with van der Waals surface area (Å²) >= 11 is 2.07. The van der Waals surface area contributed by atoms with Crippen LogP contribution >= 0.6 is 22.6 Å². The van der Waals surface area contributed by atoms with Gasteiger partial charge in [-0.1, -0.05) is 6.07 Å². The Morgan fingerprint density at radius 2 is 1.95 bits per heavy atom. The van der Waals surface area contributed by atoms with Crippen LogP contribution in [-0.2, 0) is 7.05 Å². The van der Waals surface area contributed by atoms with Crippen LogP contribution in [0.25, 0.3) is 0 Å². The Morgan fingerprint density at radius 3 is 2.38 bits per heavy atom. The maximum Gasteiger partial charge on any atom is 0.254 e. The van der Waals surface area contributed by atoms with E-state index >= 15 is 0 Å². The topological polar surface area (TPSA) is 91.1 Å². The van der Waals surface area contributed by atoms with Gasteiger partial charge in [0.25, 0.3) is 11.5 Å². The molecular formula is C14H15FIN3O2. The van der Waals surface area contributed by atoms with Crippen LogP contribution in [0, 0.1) is 16.3 Å². The van der Waals surface area contributed by atoms with Crippen LogP contribution in [-0.4, -0.2) is 10.5 Å². The van der Waals surface area contributed by atoms with Gasteiger partial charge in [-0.2, -0.15) is 0 Å². The Labute approximate surface area is 134 Å². The number of amides is 1. The molecule has 112 valence electrons. The molecule has 4 N–H and O–H groups in total. The predicted molar refractivity (Wildman–Crippen MR) is 88.5 cm³/mol. The molecule has 0 aliphatic carbocycles. The van der Waals surface area contributed by atoms with Crippen LogP contribution < -0.4 is 17.0 Å². The van der Waals surface area contributed by atoms with Gasteiger partial charge >= 0.3 is 0 Å². The summed E-state index contributed by atoms with van der Waals surface area (Å²) in [5.41, 5.74) is 11.0. The van der Waals surface area contributed by atoms with Gasteiger partial charge in [-0.05, 0) is 53.8 Å². The number of aromatic nitrogens is 1. The Balaban J connectivity index is 0.000000235. The fraction of sp³-hybridized carbons (Fsp3) is 0.143. The summed E-state index contributed by atoms with van der Waals surface area (Å²) in [5.74, 6) is -0.698. The number of aryl methyl sites for hydroxylation is 1. The number of hydrogen-bond acceptors (Lipinski definition) is 3. The summed E-state index contributed by atoms with van der Waals surface area (Å²) in [6, 6.07) is 7.86. The van der Waals surface area contributed by atoms with Gasteiger partial charge in [-0.15, -0.1) is 0 Å². The van der Waals surface area contributed by atoms with Gasteiger partial charge in [0.1, 0.15) is 11.6 Å². The lowest BCUT2D eigenvalue weighted by Gasteiger charge is -2.07. The van der Waals surface area contributed by atoms with Gasteiger partial charge in [0.05, 0.1) is 5.56 Å². The monoisotopic (exact) mass is 403 g/mol. The van der Waals surface area contributed by atoms with Crippen LogP contribution in [0.5, 0.6) is 0 Å². The Kier molecular flexibility index (Phi) is 5.89. The maximum atomic E-state index is 12.2. The number of nitrogens with two attached hydrogens (primary N) is 2. The molecule has 1 aromatic heterocycles. The molecule has 0 saturated carbocycles. The molecule has 0 bridgehead atoms. The number of hydrogen-bond donors (Lipinski definition) is 2. The number of anilines is 1. The van der Waals surface area contributed by atoms with E-state index in [0.717, 1.165) is 3.57 Å². The van der Waals surface area contributed by atoms with Crippen LogP contribution in [0.4, 0.5) is 10.2 Å². The quantitative estimate of drug-likeness (QED) is 0.712. The number of primary amides is 1. The second-order valence-corrected chi connectivity index (χ2v) is 5.54. The minimum atomic E-state index is -0.629. The summed E-state index contributed by atoms with van der Waals surface area (Å²) in [5, 5.41) is 0. The smallest absolute Gasteiger partial charge is 0.254 e. The highest BCUT2D eigenvalue weighted by atomic mass is 127. The lowest BCUT2D eigenvalue weighted by atomic mass is 10.2. The highest BCUT2D eigenvalue weighted by Crippen LogP contribution is 2.08. The minimum absolute atomic E-state index is 0.100. The molecule has 7 heteroatoms. The molecule has 0 aliphatic rings. The highest BCUT2D eigenvalue weighted by Gasteiger charge is 2.10. The minimum Gasteiger partial charge on any atom is -0.384 e. The standard InChI is InChI=1S/C8H11N3O2.C6H4FI/c1-4-3-5(7(10)12)6(9)11(2)8(4)13;7-5-2-1-3-6(8)4-5/h3H,9H2,1-2H3,(H2,10,12);1-4H. The molecule has 0 fully saturated rings. The van der Waals surface area contributed by atoms with Gasteiger partial charge in [-0.3, -0.25) is 14.2 Å². The second-order valence-electron chi connectivity index (χ2n) is 4.29. The lowest BCUT2D eigenvalue weighted by molar-refractivity contribution is 0.100. The summed E-state index contributed by atoms with van der Waals surface area (Å²) < 4.78 is 14.3. The zero-order valence-corrected chi connectivity index (χ0v) is 13.7. The first-order valence-corrected chi connectivity index (χ1v) is 6.99. The molecule has 21 heavy (non-hydrogen) atoms. The molecule has 0 spiro atoms. The lowest BCUT2D eigenvalue weighted by Crippen LogP contribution is -2.26. The van der Waals surface area contributed by atoms with E-state index in [0.29, 0.717) is 5.56 Å². The van der Waals surface area contributed by atoms with Crippen molar-refractivity contribution in [3.8, 4) is 0 Å². The number of rotatable bonds is 1. The molecule has 0 aliphatic heterocycles. The number of benzene rings is 1. The summed E-state index contributed by atoms with van der Waals surface area (Å²) in [6.45, 7) is 1.61. The van der Waals surface area contributed by atoms with Crippen molar-refractivity contribution in [2.75, 3.05) is 5.73 Å². The van der Waals surface area contributed by atoms with Gasteiger partial charge in [-0.25, -0.2) is 4.39 Å². The first-order chi connectivity index (χ1) is 9.73. The Hall–Kier alpha value is -1.90. The fourth-order valence-electron chi connectivity index (χ4n) is 1.56. The summed E-state index contributed by atoms with van der Waals surface area (Å²) in [6.07, 6.45) is 0. The number of carbonyl (C=O) groups excluding carboxylic acids is 1. The second kappa shape index (κ2) is 7.21. The van der Waals surface area contributed by atoms with E-state index in [2.05, 4.69) is 22.6 Å². The van der Waals surface area contributed by atoms with Gasteiger partial charge < -0.3 is 11.5 Å². The van der Waals surface area contributed by atoms with E-state index in [1.165, 1.54) is 29.8 Å². The molecule has 2 aromatic rings. The normalized spacial score (nSPS) is 9.71. The largest absolute Gasteiger partial charge is 0.384 e. The van der Waals surface area contributed by atoms with E-state index < -0.39 is 5.91 Å². The van der Waals surface area contributed by atoms with E-state index in [1.54, 1.807) is 13.0 Å². The summed E-state index contributed by atoms with van der Waals surface area (Å²) in [7, 11) is 1.50. The van der Waals surface area contributed by atoms with Crippen LogP contribution in [0.2, 0.25) is 0 Å². The third-order valence-electron chi connectivity index (χ3n) is 2.69. The van der Waals surface area contributed by atoms with Crippen molar-refractivity contribution in [2.24, 2.45) is 12.8 Å². The van der Waals surface area contributed by atoms with E-state index in [9.17, 15) is 14.0 Å². The van der Waals surface area contributed by atoms with E-state index in [1.807, 2.05) is 6.07 Å². The third kappa shape index (κ3) is 4.55. The molecule has 0 saturated heterocycles. The number of carbonyl (C=O) groups is 1. The average Bonchev–Trinajstić information content (AvgIpc) is 2.40. The first-order valence-electron chi connectivity index (χ1n) is 5.91. The SMILES string of the molecule is Cc1cc(C(N)=O)c(N)n(C)c1=O.Fc1cccc(I)c1. The zero-order chi connectivity index (χ0) is 16.2. The van der Waals surface area contributed by atoms with Gasteiger partial charge in [0.15, 0.2) is 0 Å². The average molecular weight is 403 g/mol.